The van der Waals surface area contributed by atoms with Gasteiger partial charge in [-0.05, 0) is 54.8 Å². The number of halogens is 1. The molecule has 0 spiro atoms. The van der Waals surface area contributed by atoms with Gasteiger partial charge >= 0.3 is 0 Å². The number of carbonyl (C=O) groups is 1. The molecule has 1 N–H and O–H groups in total. The Hall–Kier alpha value is -2.04. The molecule has 0 aliphatic carbocycles. The Bertz CT molecular complexity index is 718. The lowest BCUT2D eigenvalue weighted by atomic mass is 10.0. The van der Waals surface area contributed by atoms with Crippen molar-refractivity contribution in [3.63, 3.8) is 0 Å². The predicted octanol–water partition coefficient (Wildman–Crippen LogP) is 3.80. The van der Waals surface area contributed by atoms with Gasteiger partial charge < -0.3 is 10.1 Å². The van der Waals surface area contributed by atoms with Crippen LogP contribution in [0.1, 0.15) is 30.0 Å². The van der Waals surface area contributed by atoms with Crippen LogP contribution in [0.3, 0.4) is 0 Å². The first-order valence-corrected chi connectivity index (χ1v) is 8.92. The fraction of sp³-hybridized carbons (Fsp3) is 0.350. The van der Waals surface area contributed by atoms with Crippen molar-refractivity contribution in [2.24, 2.45) is 0 Å². The number of rotatable bonds is 6. The normalized spacial score (nSPS) is 17.4. The maximum absolute atomic E-state index is 12.3. The van der Waals surface area contributed by atoms with Crippen LogP contribution in [0.2, 0.25) is 5.02 Å². The van der Waals surface area contributed by atoms with Crippen molar-refractivity contribution < 1.29 is 9.53 Å². The number of nitrogens with zero attached hydrogens (tertiary/aromatic N) is 1. The van der Waals surface area contributed by atoms with E-state index < -0.39 is 0 Å². The lowest BCUT2D eigenvalue weighted by Crippen LogP contribution is -2.36. The standard InChI is InChI=1S/C20H23ClN2O2/c1-25-18-5-2-4-16(12-18)19-6-3-11-23(19)14-20(24)22-13-15-7-9-17(21)10-8-15/h2,4-5,7-10,12,19H,3,6,11,13-14H2,1H3,(H,22,24)/t19-/m0/s1. The van der Waals surface area contributed by atoms with Crippen LogP contribution < -0.4 is 10.1 Å². The first-order chi connectivity index (χ1) is 12.2. The summed E-state index contributed by atoms with van der Waals surface area (Å²) in [7, 11) is 1.68. The van der Waals surface area contributed by atoms with E-state index >= 15 is 0 Å². The quantitative estimate of drug-likeness (QED) is 0.853. The van der Waals surface area contributed by atoms with Crippen molar-refractivity contribution in [2.75, 3.05) is 20.2 Å². The van der Waals surface area contributed by atoms with Gasteiger partial charge in [-0.25, -0.2) is 0 Å². The Morgan fingerprint density at radius 1 is 1.28 bits per heavy atom. The molecular formula is C20H23ClN2O2. The highest BCUT2D eigenvalue weighted by molar-refractivity contribution is 6.30. The summed E-state index contributed by atoms with van der Waals surface area (Å²) in [4.78, 5) is 14.6. The molecule has 1 aliphatic heterocycles. The summed E-state index contributed by atoms with van der Waals surface area (Å²) < 4.78 is 5.32. The Labute approximate surface area is 153 Å². The number of methoxy groups -OCH3 is 1. The largest absolute Gasteiger partial charge is 0.497 e. The Kier molecular flexibility index (Phi) is 5.95. The van der Waals surface area contributed by atoms with Crippen LogP contribution in [0.5, 0.6) is 5.75 Å². The summed E-state index contributed by atoms with van der Waals surface area (Å²) in [6.07, 6.45) is 2.17. The summed E-state index contributed by atoms with van der Waals surface area (Å²) in [5.74, 6) is 0.904. The third-order valence-electron chi connectivity index (χ3n) is 4.59. The first kappa shape index (κ1) is 17.8. The van der Waals surface area contributed by atoms with Gasteiger partial charge in [-0.15, -0.1) is 0 Å². The van der Waals surface area contributed by atoms with Crippen molar-refractivity contribution in [2.45, 2.75) is 25.4 Å². The Morgan fingerprint density at radius 3 is 2.84 bits per heavy atom. The van der Waals surface area contributed by atoms with Crippen LogP contribution in [0, 0.1) is 0 Å². The Morgan fingerprint density at radius 2 is 2.08 bits per heavy atom. The molecule has 3 rings (SSSR count). The number of carbonyl (C=O) groups excluding carboxylic acids is 1. The number of benzene rings is 2. The second kappa shape index (κ2) is 8.37. The molecule has 25 heavy (non-hydrogen) atoms. The summed E-state index contributed by atoms with van der Waals surface area (Å²) in [5, 5.41) is 3.69. The van der Waals surface area contributed by atoms with Gasteiger partial charge in [0.2, 0.25) is 5.91 Å². The molecule has 0 radical (unpaired) electrons. The minimum absolute atomic E-state index is 0.0461. The van der Waals surface area contributed by atoms with Crippen molar-refractivity contribution in [1.29, 1.82) is 0 Å². The van der Waals surface area contributed by atoms with E-state index in [0.717, 1.165) is 30.7 Å². The number of nitrogens with one attached hydrogen (secondary N) is 1. The molecule has 4 nitrogen and oxygen atoms in total. The van der Waals surface area contributed by atoms with E-state index in [1.807, 2.05) is 36.4 Å². The average molecular weight is 359 g/mol. The maximum atomic E-state index is 12.3. The number of ether oxygens (including phenoxy) is 1. The van der Waals surface area contributed by atoms with Crippen LogP contribution in [0.25, 0.3) is 0 Å². The van der Waals surface area contributed by atoms with E-state index in [2.05, 4.69) is 22.3 Å². The highest BCUT2D eigenvalue weighted by atomic mass is 35.5. The van der Waals surface area contributed by atoms with Gasteiger partial charge in [-0.1, -0.05) is 35.9 Å². The molecule has 1 atom stereocenters. The fourth-order valence-electron chi connectivity index (χ4n) is 3.28. The molecule has 1 aliphatic rings. The number of amides is 1. The van der Waals surface area contributed by atoms with Gasteiger partial charge in [0.05, 0.1) is 13.7 Å². The summed E-state index contributed by atoms with van der Waals surface area (Å²) >= 11 is 5.88. The lowest BCUT2D eigenvalue weighted by molar-refractivity contribution is -0.122. The smallest absolute Gasteiger partial charge is 0.234 e. The molecule has 1 fully saturated rings. The second-order valence-electron chi connectivity index (χ2n) is 6.31. The molecule has 5 heteroatoms. The van der Waals surface area contributed by atoms with E-state index in [1.54, 1.807) is 7.11 Å². The monoisotopic (exact) mass is 358 g/mol. The summed E-state index contributed by atoms with van der Waals surface area (Å²) in [6, 6.07) is 15.9. The van der Waals surface area contributed by atoms with Crippen LogP contribution in [-0.2, 0) is 11.3 Å². The van der Waals surface area contributed by atoms with Crippen LogP contribution >= 0.6 is 11.6 Å². The highest BCUT2D eigenvalue weighted by Gasteiger charge is 2.27. The van der Waals surface area contributed by atoms with Gasteiger partial charge in [-0.2, -0.15) is 0 Å². The number of hydrogen-bond acceptors (Lipinski definition) is 3. The molecular weight excluding hydrogens is 336 g/mol. The minimum atomic E-state index is 0.0461. The zero-order valence-corrected chi connectivity index (χ0v) is 15.1. The van der Waals surface area contributed by atoms with Gasteiger partial charge in [0.15, 0.2) is 0 Å². The minimum Gasteiger partial charge on any atom is -0.497 e. The molecule has 132 valence electrons. The average Bonchev–Trinajstić information content (AvgIpc) is 3.09. The second-order valence-corrected chi connectivity index (χ2v) is 6.74. The molecule has 0 unspecified atom stereocenters. The zero-order chi connectivity index (χ0) is 17.6. The molecule has 1 heterocycles. The molecule has 0 aromatic heterocycles. The SMILES string of the molecule is COc1cccc([C@@H]2CCCN2CC(=O)NCc2ccc(Cl)cc2)c1. The van der Waals surface area contributed by atoms with Crippen LogP contribution in [0.4, 0.5) is 0 Å². The van der Waals surface area contributed by atoms with Gasteiger partial charge in [0, 0.05) is 17.6 Å². The van der Waals surface area contributed by atoms with Crippen molar-refractivity contribution in [3.05, 3.63) is 64.7 Å². The highest BCUT2D eigenvalue weighted by Crippen LogP contribution is 2.33. The molecule has 0 bridgehead atoms. The number of hydrogen-bond donors (Lipinski definition) is 1. The molecule has 2 aromatic rings. The topological polar surface area (TPSA) is 41.6 Å². The molecule has 1 saturated heterocycles. The van der Waals surface area contributed by atoms with Crippen LogP contribution in [-0.4, -0.2) is 31.0 Å². The third kappa shape index (κ3) is 4.74. The first-order valence-electron chi connectivity index (χ1n) is 8.55. The lowest BCUT2D eigenvalue weighted by Gasteiger charge is -2.24. The number of likely N-dealkylation sites (tertiary alicyclic amines) is 1. The molecule has 2 aromatic carbocycles. The van der Waals surface area contributed by atoms with E-state index in [0.29, 0.717) is 18.1 Å². The van der Waals surface area contributed by atoms with Crippen LogP contribution in [0.15, 0.2) is 48.5 Å². The zero-order valence-electron chi connectivity index (χ0n) is 14.4. The van der Waals surface area contributed by atoms with Crippen molar-refractivity contribution in [3.8, 4) is 5.75 Å². The maximum Gasteiger partial charge on any atom is 0.234 e. The van der Waals surface area contributed by atoms with E-state index in [-0.39, 0.29) is 11.9 Å². The molecule has 1 amide bonds. The Balaban J connectivity index is 1.57. The van der Waals surface area contributed by atoms with Crippen molar-refractivity contribution in [1.82, 2.24) is 10.2 Å². The van der Waals surface area contributed by atoms with E-state index in [4.69, 9.17) is 16.3 Å². The summed E-state index contributed by atoms with van der Waals surface area (Å²) in [6.45, 7) is 1.87. The molecule has 0 saturated carbocycles. The van der Waals surface area contributed by atoms with E-state index in [9.17, 15) is 4.79 Å². The summed E-state index contributed by atoms with van der Waals surface area (Å²) in [5.41, 5.74) is 2.26. The third-order valence-corrected chi connectivity index (χ3v) is 4.84. The van der Waals surface area contributed by atoms with E-state index in [1.165, 1.54) is 5.56 Å². The van der Waals surface area contributed by atoms with Gasteiger partial charge in [0.1, 0.15) is 5.75 Å². The fourth-order valence-corrected chi connectivity index (χ4v) is 3.41. The van der Waals surface area contributed by atoms with Crippen molar-refractivity contribution >= 4 is 17.5 Å². The predicted molar refractivity (Wildman–Crippen MR) is 99.8 cm³/mol. The van der Waals surface area contributed by atoms with Gasteiger partial charge in [-0.3, -0.25) is 9.69 Å². The van der Waals surface area contributed by atoms with Gasteiger partial charge in [0.25, 0.3) is 0 Å².